The zero-order valence-corrected chi connectivity index (χ0v) is 11.8. The van der Waals surface area contributed by atoms with E-state index in [1.165, 1.54) is 0 Å². The van der Waals surface area contributed by atoms with Crippen molar-refractivity contribution >= 4 is 5.91 Å². The number of carbonyl (C=O) groups is 1. The number of carbonyl (C=O) groups excluding carboxylic acids is 1. The first-order valence-corrected chi connectivity index (χ1v) is 7.23. The normalized spacial score (nSPS) is 14.2. The van der Waals surface area contributed by atoms with Gasteiger partial charge in [-0.15, -0.1) is 0 Å². The molecule has 0 radical (unpaired) electrons. The van der Waals surface area contributed by atoms with Crippen molar-refractivity contribution in [2.45, 2.75) is 77.4 Å². The lowest BCUT2D eigenvalue weighted by molar-refractivity contribution is -0.123. The third-order valence-electron chi connectivity index (χ3n) is 3.12. The van der Waals surface area contributed by atoms with E-state index in [0.29, 0.717) is 12.8 Å². The van der Waals surface area contributed by atoms with Gasteiger partial charge in [0.05, 0.1) is 18.8 Å². The fourth-order valence-corrected chi connectivity index (χ4v) is 1.88. The third kappa shape index (κ3) is 8.48. The van der Waals surface area contributed by atoms with E-state index >= 15 is 0 Å². The van der Waals surface area contributed by atoms with Crippen molar-refractivity contribution in [2.24, 2.45) is 0 Å². The Kier molecular flexibility index (Phi) is 11.1. The van der Waals surface area contributed by atoms with E-state index < -0.39 is 12.1 Å². The van der Waals surface area contributed by atoms with Crippen molar-refractivity contribution < 1.29 is 15.0 Å². The third-order valence-corrected chi connectivity index (χ3v) is 3.12. The zero-order chi connectivity index (χ0) is 13.8. The van der Waals surface area contributed by atoms with Crippen LogP contribution >= 0.6 is 0 Å². The number of unbranched alkanes of at least 4 members (excludes halogenated alkanes) is 4. The maximum Gasteiger partial charge on any atom is 0.220 e. The molecule has 0 saturated carbocycles. The van der Waals surface area contributed by atoms with E-state index in [0.717, 1.165) is 38.5 Å². The van der Waals surface area contributed by atoms with E-state index in [1.54, 1.807) is 0 Å². The number of hydrogen-bond acceptors (Lipinski definition) is 3. The van der Waals surface area contributed by atoms with Crippen LogP contribution in [0.4, 0.5) is 0 Å². The van der Waals surface area contributed by atoms with Gasteiger partial charge in [-0.3, -0.25) is 4.79 Å². The van der Waals surface area contributed by atoms with E-state index in [4.69, 9.17) is 0 Å². The highest BCUT2D eigenvalue weighted by Gasteiger charge is 2.19. The molecule has 0 aromatic rings. The molecule has 4 nitrogen and oxygen atoms in total. The molecule has 2 atom stereocenters. The summed E-state index contributed by atoms with van der Waals surface area (Å²) in [6.45, 7) is 3.99. The maximum atomic E-state index is 11.6. The van der Waals surface area contributed by atoms with Gasteiger partial charge in [0.1, 0.15) is 0 Å². The molecule has 18 heavy (non-hydrogen) atoms. The fraction of sp³-hybridized carbons (Fsp3) is 0.929. The highest BCUT2D eigenvalue weighted by atomic mass is 16.3. The van der Waals surface area contributed by atoms with Gasteiger partial charge in [0.2, 0.25) is 5.91 Å². The molecule has 0 heterocycles. The Bertz CT molecular complexity index is 209. The van der Waals surface area contributed by atoms with Crippen LogP contribution in [0.15, 0.2) is 0 Å². The van der Waals surface area contributed by atoms with Crippen molar-refractivity contribution in [1.82, 2.24) is 5.32 Å². The fourth-order valence-electron chi connectivity index (χ4n) is 1.88. The number of amides is 1. The molecule has 0 spiro atoms. The Morgan fingerprint density at radius 2 is 1.72 bits per heavy atom. The molecule has 0 aliphatic heterocycles. The first-order chi connectivity index (χ1) is 8.65. The monoisotopic (exact) mass is 259 g/mol. The molecule has 2 unspecified atom stereocenters. The van der Waals surface area contributed by atoms with Crippen molar-refractivity contribution in [2.75, 3.05) is 6.61 Å². The summed E-state index contributed by atoms with van der Waals surface area (Å²) >= 11 is 0. The Balaban J connectivity index is 3.88. The minimum atomic E-state index is -0.642. The van der Waals surface area contributed by atoms with Gasteiger partial charge in [-0.1, -0.05) is 46.0 Å². The van der Waals surface area contributed by atoms with Crippen LogP contribution in [-0.4, -0.2) is 34.9 Å². The average Bonchev–Trinajstić information content (AvgIpc) is 2.36. The van der Waals surface area contributed by atoms with Gasteiger partial charge in [-0.2, -0.15) is 0 Å². The van der Waals surface area contributed by atoms with E-state index in [-0.39, 0.29) is 12.5 Å². The van der Waals surface area contributed by atoms with Crippen molar-refractivity contribution in [3.63, 3.8) is 0 Å². The molecule has 4 heteroatoms. The topological polar surface area (TPSA) is 69.6 Å². The van der Waals surface area contributed by atoms with Crippen LogP contribution in [0.1, 0.15) is 65.2 Å². The highest BCUT2D eigenvalue weighted by molar-refractivity contribution is 5.76. The lowest BCUT2D eigenvalue weighted by Gasteiger charge is -2.22. The standard InChI is InChI=1S/C14H29NO3/c1-3-5-7-9-13(17)12(11-16)15-14(18)10-8-6-4-2/h12-13,16-17H,3-11H2,1-2H3,(H,15,18). The molecule has 0 rings (SSSR count). The quantitative estimate of drug-likeness (QED) is 0.497. The average molecular weight is 259 g/mol. The molecule has 0 bridgehead atoms. The van der Waals surface area contributed by atoms with Gasteiger partial charge in [0.25, 0.3) is 0 Å². The van der Waals surface area contributed by atoms with E-state index in [2.05, 4.69) is 19.2 Å². The minimum Gasteiger partial charge on any atom is -0.394 e. The highest BCUT2D eigenvalue weighted by Crippen LogP contribution is 2.07. The van der Waals surface area contributed by atoms with Crippen molar-refractivity contribution in [3.05, 3.63) is 0 Å². The van der Waals surface area contributed by atoms with Gasteiger partial charge >= 0.3 is 0 Å². The van der Waals surface area contributed by atoms with Crippen LogP contribution in [0.25, 0.3) is 0 Å². The van der Waals surface area contributed by atoms with E-state index in [9.17, 15) is 15.0 Å². The van der Waals surface area contributed by atoms with Gasteiger partial charge in [-0.25, -0.2) is 0 Å². The van der Waals surface area contributed by atoms with E-state index in [1.807, 2.05) is 0 Å². The van der Waals surface area contributed by atoms with Crippen LogP contribution in [-0.2, 0) is 4.79 Å². The molecular formula is C14H29NO3. The minimum absolute atomic E-state index is 0.0722. The van der Waals surface area contributed by atoms with Crippen LogP contribution < -0.4 is 5.32 Å². The first kappa shape index (κ1) is 17.4. The molecule has 1 amide bonds. The molecule has 3 N–H and O–H groups in total. The Hall–Kier alpha value is -0.610. The summed E-state index contributed by atoms with van der Waals surface area (Å²) in [7, 11) is 0. The van der Waals surface area contributed by atoms with Crippen molar-refractivity contribution in [1.29, 1.82) is 0 Å². The number of nitrogens with one attached hydrogen (secondary N) is 1. The molecule has 0 fully saturated rings. The summed E-state index contributed by atoms with van der Waals surface area (Å²) in [5, 5.41) is 21.8. The summed E-state index contributed by atoms with van der Waals surface area (Å²) < 4.78 is 0. The number of aliphatic hydroxyl groups excluding tert-OH is 2. The summed E-state index contributed by atoms with van der Waals surface area (Å²) in [5.74, 6) is -0.0722. The smallest absolute Gasteiger partial charge is 0.220 e. The van der Waals surface area contributed by atoms with Crippen LogP contribution in [0.5, 0.6) is 0 Å². The van der Waals surface area contributed by atoms with Gasteiger partial charge in [0.15, 0.2) is 0 Å². The second-order valence-corrected chi connectivity index (χ2v) is 4.88. The van der Waals surface area contributed by atoms with Gasteiger partial charge in [0, 0.05) is 6.42 Å². The summed E-state index contributed by atoms with van der Waals surface area (Å²) in [5.41, 5.74) is 0. The molecule has 0 aliphatic carbocycles. The van der Waals surface area contributed by atoms with Crippen LogP contribution in [0.3, 0.4) is 0 Å². The van der Waals surface area contributed by atoms with Gasteiger partial charge in [-0.05, 0) is 12.8 Å². The number of hydrogen-bond donors (Lipinski definition) is 3. The lowest BCUT2D eigenvalue weighted by Crippen LogP contribution is -2.45. The summed E-state index contributed by atoms with van der Waals surface area (Å²) in [6.07, 6.45) is 6.55. The van der Waals surface area contributed by atoms with Crippen LogP contribution in [0, 0.1) is 0 Å². The van der Waals surface area contributed by atoms with Crippen LogP contribution in [0.2, 0.25) is 0 Å². The predicted octanol–water partition coefficient (Wildman–Crippen LogP) is 1.98. The van der Waals surface area contributed by atoms with Crippen molar-refractivity contribution in [3.8, 4) is 0 Å². The molecule has 108 valence electrons. The number of aliphatic hydroxyl groups is 2. The molecule has 0 saturated heterocycles. The SMILES string of the molecule is CCCCCC(=O)NC(CO)C(O)CCCCC. The summed E-state index contributed by atoms with van der Waals surface area (Å²) in [6, 6.07) is -0.518. The predicted molar refractivity (Wildman–Crippen MR) is 73.3 cm³/mol. The molecule has 0 aromatic carbocycles. The largest absolute Gasteiger partial charge is 0.394 e. The molecular weight excluding hydrogens is 230 g/mol. The Morgan fingerprint density at radius 3 is 2.28 bits per heavy atom. The molecule has 0 aromatic heterocycles. The first-order valence-electron chi connectivity index (χ1n) is 7.23. The summed E-state index contributed by atoms with van der Waals surface area (Å²) in [4.78, 5) is 11.6. The Labute approximate surface area is 111 Å². The molecule has 0 aliphatic rings. The number of rotatable bonds is 11. The second kappa shape index (κ2) is 11.5. The second-order valence-electron chi connectivity index (χ2n) is 4.88. The Morgan fingerprint density at radius 1 is 1.11 bits per heavy atom. The zero-order valence-electron chi connectivity index (χ0n) is 11.8. The van der Waals surface area contributed by atoms with Gasteiger partial charge < -0.3 is 15.5 Å². The maximum absolute atomic E-state index is 11.6. The lowest BCUT2D eigenvalue weighted by atomic mass is 10.0.